The van der Waals surface area contributed by atoms with Gasteiger partial charge in [-0.1, -0.05) is 12.1 Å². The highest BCUT2D eigenvalue weighted by Crippen LogP contribution is 2.39. The van der Waals surface area contributed by atoms with Crippen LogP contribution in [0.4, 0.5) is 5.82 Å². The molecule has 2 fully saturated rings. The lowest BCUT2D eigenvalue weighted by Gasteiger charge is -2.32. The number of nitrogens with zero attached hydrogens (tertiary/aromatic N) is 4. The molecule has 4 rings (SSSR count). The first-order chi connectivity index (χ1) is 14.7. The van der Waals surface area contributed by atoms with Crippen molar-refractivity contribution >= 4 is 22.6 Å². The standard InChI is InChI=1S/C23H33N5O2/c1-3-26-12-14-27(15-13-26)21(29)10-11-28(16-17-30-2)23-19-6-4-5-7-20(19)24-22(25-23)18-8-9-18/h4-7,18H,3,8-17H2,1-2H3/p+1. The molecule has 0 spiro atoms. The number of fused-ring (bicyclic) bond motifs is 1. The number of carbonyl (C=O) groups is 1. The van der Waals surface area contributed by atoms with Gasteiger partial charge in [0.15, 0.2) is 0 Å². The SMILES string of the molecule is CC[NH+]1CCN(C(=O)CCN(CCOC)c2nc(C3CC3)nc3ccccc23)CC1. The van der Waals surface area contributed by atoms with Crippen molar-refractivity contribution in [3.05, 3.63) is 30.1 Å². The largest absolute Gasteiger partial charge is 0.383 e. The third-order valence-electron chi connectivity index (χ3n) is 6.33. The number of quaternary nitrogens is 1. The average Bonchev–Trinajstić information content (AvgIpc) is 3.64. The average molecular weight is 413 g/mol. The van der Waals surface area contributed by atoms with Crippen molar-refractivity contribution in [1.29, 1.82) is 0 Å². The molecule has 0 unspecified atom stereocenters. The molecule has 0 radical (unpaired) electrons. The number of methoxy groups -OCH3 is 1. The number of benzene rings is 1. The van der Waals surface area contributed by atoms with E-state index in [-0.39, 0.29) is 5.91 Å². The minimum Gasteiger partial charge on any atom is -0.383 e. The Kier molecular flexibility index (Phi) is 6.79. The van der Waals surface area contributed by atoms with Crippen molar-refractivity contribution in [1.82, 2.24) is 14.9 Å². The number of aromatic nitrogens is 2. The highest BCUT2D eigenvalue weighted by atomic mass is 16.5. The van der Waals surface area contributed by atoms with Crippen LogP contribution in [-0.2, 0) is 9.53 Å². The van der Waals surface area contributed by atoms with Gasteiger partial charge in [0, 0.05) is 37.9 Å². The fourth-order valence-corrected chi connectivity index (χ4v) is 4.18. The normalized spacial score (nSPS) is 17.5. The van der Waals surface area contributed by atoms with Crippen molar-refractivity contribution in [3.8, 4) is 0 Å². The molecule has 2 aliphatic rings. The second-order valence-electron chi connectivity index (χ2n) is 8.41. The smallest absolute Gasteiger partial charge is 0.224 e. The molecule has 2 aromatic rings. The summed E-state index contributed by atoms with van der Waals surface area (Å²) in [7, 11) is 1.71. The topological polar surface area (TPSA) is 63.0 Å². The van der Waals surface area contributed by atoms with Crippen molar-refractivity contribution in [2.75, 3.05) is 64.4 Å². The fourth-order valence-electron chi connectivity index (χ4n) is 4.18. The summed E-state index contributed by atoms with van der Waals surface area (Å²) in [6, 6.07) is 8.19. The molecule has 1 aromatic carbocycles. The highest BCUT2D eigenvalue weighted by Gasteiger charge is 2.29. The molecule has 7 heteroatoms. The van der Waals surface area contributed by atoms with Gasteiger partial charge in [0.25, 0.3) is 0 Å². The predicted molar refractivity (Wildman–Crippen MR) is 118 cm³/mol. The van der Waals surface area contributed by atoms with Crippen molar-refractivity contribution < 1.29 is 14.4 Å². The molecular weight excluding hydrogens is 378 g/mol. The second kappa shape index (κ2) is 9.71. The van der Waals surface area contributed by atoms with E-state index in [4.69, 9.17) is 14.7 Å². The zero-order valence-electron chi connectivity index (χ0n) is 18.3. The highest BCUT2D eigenvalue weighted by molar-refractivity contribution is 5.90. The maximum Gasteiger partial charge on any atom is 0.224 e. The lowest BCUT2D eigenvalue weighted by atomic mass is 10.2. The summed E-state index contributed by atoms with van der Waals surface area (Å²) >= 11 is 0. The minimum absolute atomic E-state index is 0.244. The third kappa shape index (κ3) is 4.90. The van der Waals surface area contributed by atoms with E-state index in [0.717, 1.165) is 55.3 Å². The first-order valence-electron chi connectivity index (χ1n) is 11.3. The maximum atomic E-state index is 12.9. The molecule has 1 saturated carbocycles. The Morgan fingerprint density at radius 1 is 1.20 bits per heavy atom. The van der Waals surface area contributed by atoms with Crippen molar-refractivity contribution in [3.63, 3.8) is 0 Å². The molecule has 2 heterocycles. The van der Waals surface area contributed by atoms with Gasteiger partial charge < -0.3 is 19.4 Å². The Hall–Kier alpha value is -2.25. The number of carbonyl (C=O) groups excluding carboxylic acids is 1. The monoisotopic (exact) mass is 412 g/mol. The van der Waals surface area contributed by atoms with Crippen LogP contribution in [0.5, 0.6) is 0 Å². The Morgan fingerprint density at radius 2 is 1.97 bits per heavy atom. The Labute approximate surface area is 179 Å². The number of rotatable bonds is 9. The van der Waals surface area contributed by atoms with E-state index in [1.165, 1.54) is 12.8 Å². The number of hydrogen-bond acceptors (Lipinski definition) is 5. The van der Waals surface area contributed by atoms with Gasteiger partial charge in [0.05, 0.1) is 44.8 Å². The lowest BCUT2D eigenvalue weighted by Crippen LogP contribution is -3.14. The van der Waals surface area contributed by atoms with Gasteiger partial charge in [-0.05, 0) is 31.9 Å². The van der Waals surface area contributed by atoms with E-state index in [1.807, 2.05) is 17.0 Å². The second-order valence-corrected chi connectivity index (χ2v) is 8.41. The molecule has 1 amide bonds. The quantitative estimate of drug-likeness (QED) is 0.668. The predicted octanol–water partition coefficient (Wildman–Crippen LogP) is 1.10. The number of amides is 1. The van der Waals surface area contributed by atoms with E-state index >= 15 is 0 Å². The van der Waals surface area contributed by atoms with Crippen LogP contribution in [0.15, 0.2) is 24.3 Å². The van der Waals surface area contributed by atoms with E-state index in [1.54, 1.807) is 12.0 Å². The van der Waals surface area contributed by atoms with E-state index in [2.05, 4.69) is 24.0 Å². The summed E-state index contributed by atoms with van der Waals surface area (Å²) in [5.74, 6) is 2.61. The molecule has 7 nitrogen and oxygen atoms in total. The van der Waals surface area contributed by atoms with Crippen LogP contribution < -0.4 is 9.80 Å². The first kappa shape index (κ1) is 21.0. The molecular formula is C23H34N5O2+. The summed E-state index contributed by atoms with van der Waals surface area (Å²) in [6.45, 7) is 9.14. The number of hydrogen-bond donors (Lipinski definition) is 1. The summed E-state index contributed by atoms with van der Waals surface area (Å²) < 4.78 is 5.36. The fraction of sp³-hybridized carbons (Fsp3) is 0.609. The summed E-state index contributed by atoms with van der Waals surface area (Å²) in [6.07, 6.45) is 2.84. The van der Waals surface area contributed by atoms with Crippen LogP contribution in [0.2, 0.25) is 0 Å². The number of piperazine rings is 1. The Morgan fingerprint density at radius 3 is 2.67 bits per heavy atom. The molecule has 1 saturated heterocycles. The van der Waals surface area contributed by atoms with Crippen LogP contribution >= 0.6 is 0 Å². The van der Waals surface area contributed by atoms with Gasteiger partial charge in [0.2, 0.25) is 5.91 Å². The molecule has 1 aliphatic heterocycles. The van der Waals surface area contributed by atoms with E-state index < -0.39 is 0 Å². The van der Waals surface area contributed by atoms with Crippen LogP contribution in [-0.4, -0.2) is 80.3 Å². The molecule has 1 N–H and O–H groups in total. The summed E-state index contributed by atoms with van der Waals surface area (Å²) in [5.41, 5.74) is 0.983. The van der Waals surface area contributed by atoms with Gasteiger partial charge in [-0.2, -0.15) is 0 Å². The first-order valence-corrected chi connectivity index (χ1v) is 11.3. The molecule has 30 heavy (non-hydrogen) atoms. The molecule has 1 aliphatic carbocycles. The molecule has 162 valence electrons. The number of likely N-dealkylation sites (N-methyl/N-ethyl adjacent to an activating group) is 1. The number of para-hydroxylation sites is 1. The zero-order chi connectivity index (χ0) is 20.9. The third-order valence-corrected chi connectivity index (χ3v) is 6.33. The van der Waals surface area contributed by atoms with Gasteiger partial charge >= 0.3 is 0 Å². The minimum atomic E-state index is 0.244. The Balaban J connectivity index is 1.51. The number of ether oxygens (including phenoxy) is 1. The number of nitrogens with one attached hydrogen (secondary N) is 1. The molecule has 0 atom stereocenters. The number of anilines is 1. The van der Waals surface area contributed by atoms with Crippen LogP contribution in [0.1, 0.15) is 37.9 Å². The van der Waals surface area contributed by atoms with Crippen LogP contribution in [0, 0.1) is 0 Å². The zero-order valence-corrected chi connectivity index (χ0v) is 18.3. The molecule has 1 aromatic heterocycles. The Bertz CT molecular complexity index is 862. The maximum absolute atomic E-state index is 12.9. The van der Waals surface area contributed by atoms with Gasteiger partial charge in [-0.25, -0.2) is 9.97 Å². The van der Waals surface area contributed by atoms with Gasteiger partial charge in [0.1, 0.15) is 11.6 Å². The van der Waals surface area contributed by atoms with Crippen LogP contribution in [0.3, 0.4) is 0 Å². The van der Waals surface area contributed by atoms with Crippen LogP contribution in [0.25, 0.3) is 10.9 Å². The van der Waals surface area contributed by atoms with Crippen molar-refractivity contribution in [2.45, 2.75) is 32.1 Å². The van der Waals surface area contributed by atoms with E-state index in [9.17, 15) is 4.79 Å². The van der Waals surface area contributed by atoms with Crippen molar-refractivity contribution in [2.24, 2.45) is 0 Å². The summed E-state index contributed by atoms with van der Waals surface area (Å²) in [5, 5.41) is 1.05. The molecule has 0 bridgehead atoms. The van der Waals surface area contributed by atoms with Gasteiger partial charge in [-0.3, -0.25) is 4.79 Å². The summed E-state index contributed by atoms with van der Waals surface area (Å²) in [4.78, 5) is 28.5. The van der Waals surface area contributed by atoms with E-state index in [0.29, 0.717) is 32.0 Å². The lowest BCUT2D eigenvalue weighted by molar-refractivity contribution is -0.902. The van der Waals surface area contributed by atoms with Gasteiger partial charge in [-0.15, -0.1) is 0 Å².